The van der Waals surface area contributed by atoms with Gasteiger partial charge in [-0.2, -0.15) is 0 Å². The third kappa shape index (κ3) is 15.2. The van der Waals surface area contributed by atoms with Gasteiger partial charge in [0.15, 0.2) is 0 Å². The minimum atomic E-state index is -0.0382. The van der Waals surface area contributed by atoms with Gasteiger partial charge in [0.2, 0.25) is 0 Å². The van der Waals surface area contributed by atoms with Gasteiger partial charge in [-0.1, -0.05) is 378 Å². The molecule has 0 radical (unpaired) electrons. The van der Waals surface area contributed by atoms with Gasteiger partial charge in [-0.15, -0.1) is 0 Å². The number of benzene rings is 18. The number of hydrogen-bond acceptors (Lipinski definition) is 9. The lowest BCUT2D eigenvalue weighted by atomic mass is 9.81. The molecule has 0 atom stereocenters. The average molecular weight is 1910 g/mol. The van der Waals surface area contributed by atoms with Crippen LogP contribution in [0.1, 0.15) is 25.0 Å². The third-order valence-electron chi connectivity index (χ3n) is 30.4. The molecule has 0 saturated carbocycles. The molecule has 0 bridgehead atoms. The van der Waals surface area contributed by atoms with Crippen LogP contribution in [0.2, 0.25) is 0 Å². The van der Waals surface area contributed by atoms with Crippen molar-refractivity contribution >= 4 is 136 Å². The highest BCUT2D eigenvalue weighted by Gasteiger charge is 2.36. The number of fused-ring (bicyclic) bond motifs is 18. The van der Waals surface area contributed by atoms with E-state index in [2.05, 4.69) is 439 Å². The Morgan fingerprint density at radius 1 is 0.160 bits per heavy atom. The van der Waals surface area contributed by atoms with Gasteiger partial charge in [-0.05, 0) is 207 Å². The Hall–Kier alpha value is -20.0. The summed E-state index contributed by atoms with van der Waals surface area (Å²) >= 11 is 0. The maximum atomic E-state index is 5.25. The van der Waals surface area contributed by atoms with Crippen LogP contribution >= 0.6 is 0 Å². The van der Waals surface area contributed by atoms with Gasteiger partial charge in [-0.3, -0.25) is 0 Å². The Balaban J connectivity index is 0.000000106. The molecule has 700 valence electrons. The summed E-state index contributed by atoms with van der Waals surface area (Å²) in [6.45, 7) is 4.66. The van der Waals surface area contributed by atoms with Gasteiger partial charge in [-0.25, -0.2) is 44.9 Å². The zero-order chi connectivity index (χ0) is 99.2. The number of pyridine rings is 9. The summed E-state index contributed by atoms with van der Waals surface area (Å²) in [6.07, 6.45) is 12.3. The van der Waals surface area contributed by atoms with Gasteiger partial charge < -0.3 is 13.2 Å². The van der Waals surface area contributed by atoms with Crippen molar-refractivity contribution in [2.75, 3.05) is 0 Å². The summed E-state index contributed by atoms with van der Waals surface area (Å²) < 4.78 is 6.14. The Morgan fingerprint density at radius 2 is 0.460 bits per heavy atom. The topological polar surface area (TPSA) is 129 Å². The minimum Gasteiger partial charge on any atom is -0.306 e. The fourth-order valence-corrected chi connectivity index (χ4v) is 22.6. The summed E-state index contributed by atoms with van der Waals surface area (Å²) in [5.41, 5.74) is 38.9. The van der Waals surface area contributed by atoms with Crippen molar-refractivity contribution in [3.63, 3.8) is 0 Å². The second kappa shape index (κ2) is 35.2. The summed E-state index contributed by atoms with van der Waals surface area (Å²) in [6, 6.07) is 164. The van der Waals surface area contributed by atoms with Crippen LogP contribution < -0.4 is 0 Å². The Labute approximate surface area is 862 Å². The zero-order valence-electron chi connectivity index (χ0n) is 81.7. The highest BCUT2D eigenvalue weighted by atomic mass is 15.0. The van der Waals surface area contributed by atoms with Gasteiger partial charge in [0, 0.05) is 125 Å². The molecule has 1 aliphatic carbocycles. The Bertz CT molecular complexity index is 10600. The molecule has 0 amide bonds. The number of nitrogens with zero attached hydrogens (tertiary/aromatic N) is 12. The molecule has 0 N–H and O–H groups in total. The standard InChI is InChI=1S/C47H28N4.C46H32N4.C45H28N4/c1-2-27-51-28-42(48-43(51)6-1)32-13-11-31(12-14-32)41-26-22-37-18-17-36-21-25-40(49-46(36)47(37)50-41)30-9-7-29(8-10-30)38-23-19-35-16-15-33-4-3-5-34-20-24-39(38)45(35)44(33)34;1-46(2)38-11-4-3-10-36(38)37-22-19-34(27-39(37)46)33-8-7-9-35(26-33)41-24-21-32-18-17-31-20-23-40(48-44(31)45(32)49-41)29-13-15-30(16-14-29)42-28-50-25-6-5-12-43(50)47-42;1-2-11-36-33(8-1)27-39(38-13-4-3-12-37(36)38)29-15-17-30(18-16-29)40-23-21-31-19-20-32-22-24-41(48-45(32)44(31)47-40)34-9-7-10-35(26-34)42-28-49-25-6-5-14-43(49)46-42/h1-28H;3-28H,1-2H3;1-28H. The molecular weight excluding hydrogens is 1830 g/mol. The second-order valence-corrected chi connectivity index (χ2v) is 39.6. The van der Waals surface area contributed by atoms with Crippen molar-refractivity contribution in [1.82, 2.24) is 58.1 Å². The largest absolute Gasteiger partial charge is 0.306 e. The first kappa shape index (κ1) is 86.7. The van der Waals surface area contributed by atoms with E-state index >= 15 is 0 Å². The maximum absolute atomic E-state index is 5.25. The Kier molecular flexibility index (Phi) is 20.4. The molecule has 12 nitrogen and oxygen atoms in total. The lowest BCUT2D eigenvalue weighted by Gasteiger charge is -2.22. The highest BCUT2D eigenvalue weighted by Crippen LogP contribution is 2.51. The van der Waals surface area contributed by atoms with Crippen molar-refractivity contribution in [2.24, 2.45) is 0 Å². The van der Waals surface area contributed by atoms with Crippen LogP contribution in [0, 0.1) is 0 Å². The molecule has 0 unspecified atom stereocenters. The SMILES string of the molecule is CC1(C)c2ccccc2-c2ccc(-c3cccc(-c4ccc5ccc6ccc(-c7ccc(-c8cn9ccccc9n8)cc7)nc6c5n4)c3)cc21.c1cc(-c2ccc3ccc4ccc(-c5ccc(-c6cc7ccccc7c7ccccc67)cc5)nc4c3n2)cc(-c2cn3ccccc3n2)c1.c1cc2ccc3ccc(-c4ccc(-c5ccc6ccc7ccc(-c8ccc(-c9cn%10ccccc%10n9)cc8)nc7c6n5)cc4)c4ccc(c1)c2c34. The van der Waals surface area contributed by atoms with Crippen LogP contribution in [0.3, 0.4) is 0 Å². The number of imidazole rings is 3. The van der Waals surface area contributed by atoms with Crippen molar-refractivity contribution in [3.8, 4) is 146 Å². The van der Waals surface area contributed by atoms with Crippen LogP contribution in [0.5, 0.6) is 0 Å². The van der Waals surface area contributed by atoms with Gasteiger partial charge in [0.25, 0.3) is 0 Å². The first-order chi connectivity index (χ1) is 74.0. The van der Waals surface area contributed by atoms with Crippen LogP contribution in [0.4, 0.5) is 0 Å². The van der Waals surface area contributed by atoms with Crippen LogP contribution in [-0.2, 0) is 5.41 Å². The van der Waals surface area contributed by atoms with Crippen molar-refractivity contribution in [3.05, 3.63) is 509 Å². The van der Waals surface area contributed by atoms with E-state index < -0.39 is 0 Å². The molecule has 0 fully saturated rings. The lowest BCUT2D eigenvalue weighted by molar-refractivity contribution is 0.660. The van der Waals surface area contributed by atoms with E-state index in [-0.39, 0.29) is 5.41 Å². The van der Waals surface area contributed by atoms with E-state index in [4.69, 9.17) is 44.9 Å². The van der Waals surface area contributed by atoms with Crippen molar-refractivity contribution in [2.45, 2.75) is 19.3 Å². The number of aromatic nitrogens is 12. The third-order valence-corrected chi connectivity index (χ3v) is 30.4. The number of hydrogen-bond donors (Lipinski definition) is 0. The lowest BCUT2D eigenvalue weighted by Crippen LogP contribution is -2.14. The molecule has 0 spiro atoms. The van der Waals surface area contributed by atoms with Crippen molar-refractivity contribution < 1.29 is 0 Å². The number of rotatable bonds is 12. The minimum absolute atomic E-state index is 0.0382. The molecule has 12 heteroatoms. The van der Waals surface area contributed by atoms with Crippen LogP contribution in [0.25, 0.3) is 282 Å². The van der Waals surface area contributed by atoms with Gasteiger partial charge >= 0.3 is 0 Å². The molecule has 12 aromatic heterocycles. The zero-order valence-corrected chi connectivity index (χ0v) is 81.7. The van der Waals surface area contributed by atoms with Crippen LogP contribution in [-0.4, -0.2) is 58.1 Å². The Morgan fingerprint density at radius 3 is 0.920 bits per heavy atom. The molecule has 150 heavy (non-hydrogen) atoms. The van der Waals surface area contributed by atoms with Gasteiger partial charge in [0.05, 0.1) is 84.3 Å². The van der Waals surface area contributed by atoms with E-state index in [9.17, 15) is 0 Å². The molecule has 0 aliphatic heterocycles. The van der Waals surface area contributed by atoms with E-state index in [1.165, 1.54) is 109 Å². The molecule has 1 aliphatic rings. The van der Waals surface area contributed by atoms with E-state index in [1.807, 2.05) is 86.4 Å². The average Bonchev–Trinajstić information content (AvgIpc) is 1.70. The summed E-state index contributed by atoms with van der Waals surface area (Å²) in [5.74, 6) is 0. The fourth-order valence-electron chi connectivity index (χ4n) is 22.6. The maximum Gasteiger partial charge on any atom is 0.137 e. The molecule has 18 aromatic carbocycles. The highest BCUT2D eigenvalue weighted by molar-refractivity contribution is 6.26. The van der Waals surface area contributed by atoms with E-state index in [0.29, 0.717) is 0 Å². The monoisotopic (exact) mass is 1910 g/mol. The predicted molar refractivity (Wildman–Crippen MR) is 619 cm³/mol. The molecule has 0 saturated heterocycles. The van der Waals surface area contributed by atoms with E-state index in [0.717, 1.165) is 184 Å². The first-order valence-corrected chi connectivity index (χ1v) is 50.9. The molecule has 12 heterocycles. The normalized spacial score (nSPS) is 12.3. The molecule has 31 rings (SSSR count). The first-order valence-electron chi connectivity index (χ1n) is 50.9. The summed E-state index contributed by atoms with van der Waals surface area (Å²) in [7, 11) is 0. The van der Waals surface area contributed by atoms with E-state index in [1.54, 1.807) is 0 Å². The smallest absolute Gasteiger partial charge is 0.137 e. The quantitative estimate of drug-likeness (QED) is 0.110. The van der Waals surface area contributed by atoms with Gasteiger partial charge in [0.1, 0.15) is 16.9 Å². The summed E-state index contributed by atoms with van der Waals surface area (Å²) in [4.78, 5) is 45.7. The summed E-state index contributed by atoms with van der Waals surface area (Å²) in [5, 5.41) is 19.3. The molecule has 30 aromatic rings. The fraction of sp³-hybridized carbons (Fsp3) is 0.0217. The van der Waals surface area contributed by atoms with Crippen LogP contribution in [0.15, 0.2) is 498 Å². The van der Waals surface area contributed by atoms with Crippen molar-refractivity contribution in [1.29, 1.82) is 0 Å². The second-order valence-electron chi connectivity index (χ2n) is 39.6. The predicted octanol–water partition coefficient (Wildman–Crippen LogP) is 34.8. The molecular formula is C138H88N12.